The van der Waals surface area contributed by atoms with Crippen molar-refractivity contribution in [2.24, 2.45) is 5.10 Å². The Morgan fingerprint density at radius 1 is 1.25 bits per heavy atom. The number of para-hydroxylation sites is 2. The summed E-state index contributed by atoms with van der Waals surface area (Å²) < 4.78 is 22.3. The Kier molecular flexibility index (Phi) is 6.73. The van der Waals surface area contributed by atoms with Crippen molar-refractivity contribution in [2.75, 3.05) is 20.3 Å². The van der Waals surface area contributed by atoms with Gasteiger partial charge in [0.1, 0.15) is 6.61 Å². The molecule has 0 radical (unpaired) electrons. The molecule has 7 nitrogen and oxygen atoms in total. The molecule has 1 aliphatic rings. The zero-order valence-corrected chi connectivity index (χ0v) is 16.0. The molecule has 3 rings (SSSR count). The Morgan fingerprint density at radius 2 is 2.07 bits per heavy atom. The summed E-state index contributed by atoms with van der Waals surface area (Å²) >= 11 is 0. The van der Waals surface area contributed by atoms with Gasteiger partial charge in [-0.3, -0.25) is 4.79 Å². The minimum Gasteiger partial charge on any atom is -0.493 e. The highest BCUT2D eigenvalue weighted by Gasteiger charge is 2.26. The van der Waals surface area contributed by atoms with Crippen molar-refractivity contribution in [1.29, 1.82) is 0 Å². The number of unbranched alkanes of at least 4 members (excludes halogenated alkanes) is 1. The highest BCUT2D eigenvalue weighted by atomic mass is 16.6. The number of nitrogens with zero attached hydrogens (tertiary/aromatic N) is 1. The molecule has 1 N–H and O–H groups in total. The van der Waals surface area contributed by atoms with E-state index in [0.717, 1.165) is 18.4 Å². The Balaban J connectivity index is 1.58. The van der Waals surface area contributed by atoms with Crippen LogP contribution in [0.3, 0.4) is 0 Å². The summed E-state index contributed by atoms with van der Waals surface area (Å²) in [5.41, 5.74) is 3.26. The fourth-order valence-electron chi connectivity index (χ4n) is 2.60. The Hall–Kier alpha value is -3.22. The van der Waals surface area contributed by atoms with Crippen molar-refractivity contribution in [3.8, 4) is 23.0 Å². The van der Waals surface area contributed by atoms with Gasteiger partial charge in [-0.2, -0.15) is 5.10 Å². The Bertz CT molecular complexity index is 837. The molecule has 1 amide bonds. The molecule has 2 aromatic rings. The highest BCUT2D eigenvalue weighted by molar-refractivity contribution is 5.85. The topological polar surface area (TPSA) is 78.4 Å². The summed E-state index contributed by atoms with van der Waals surface area (Å²) in [6, 6.07) is 12.7. The van der Waals surface area contributed by atoms with Gasteiger partial charge in [-0.1, -0.05) is 25.5 Å². The first-order valence-electron chi connectivity index (χ1n) is 9.23. The van der Waals surface area contributed by atoms with Crippen LogP contribution in [0, 0.1) is 0 Å². The lowest BCUT2D eigenvalue weighted by Crippen LogP contribution is -2.42. The maximum Gasteiger partial charge on any atom is 0.284 e. The normalized spacial score (nSPS) is 15.3. The molecular formula is C21H24N2O5. The summed E-state index contributed by atoms with van der Waals surface area (Å²) in [5, 5.41) is 4.01. The Morgan fingerprint density at radius 3 is 2.86 bits per heavy atom. The number of carbonyl (C=O) groups is 1. The first kappa shape index (κ1) is 19.5. The third-order valence-corrected chi connectivity index (χ3v) is 4.13. The van der Waals surface area contributed by atoms with Crippen molar-refractivity contribution in [3.05, 3.63) is 48.0 Å². The second kappa shape index (κ2) is 9.64. The number of ether oxygens (including phenoxy) is 4. The van der Waals surface area contributed by atoms with Crippen LogP contribution in [0.1, 0.15) is 25.3 Å². The van der Waals surface area contributed by atoms with Gasteiger partial charge in [-0.05, 0) is 42.3 Å². The van der Waals surface area contributed by atoms with Crippen LogP contribution in [0.5, 0.6) is 23.0 Å². The molecule has 7 heteroatoms. The van der Waals surface area contributed by atoms with Gasteiger partial charge in [0.25, 0.3) is 5.91 Å². The van der Waals surface area contributed by atoms with Crippen LogP contribution in [-0.4, -0.2) is 38.5 Å². The fourth-order valence-corrected chi connectivity index (χ4v) is 2.60. The lowest BCUT2D eigenvalue weighted by atomic mass is 10.2. The number of methoxy groups -OCH3 is 1. The summed E-state index contributed by atoms with van der Waals surface area (Å²) in [6.07, 6.45) is 2.80. The average molecular weight is 384 g/mol. The lowest BCUT2D eigenvalue weighted by molar-refractivity contribution is -0.130. The number of benzene rings is 2. The van der Waals surface area contributed by atoms with Gasteiger partial charge in [-0.15, -0.1) is 0 Å². The molecule has 0 saturated carbocycles. The largest absolute Gasteiger partial charge is 0.493 e. The smallest absolute Gasteiger partial charge is 0.284 e. The molecule has 148 valence electrons. The van der Waals surface area contributed by atoms with E-state index in [2.05, 4.69) is 17.5 Å². The zero-order chi connectivity index (χ0) is 19.8. The average Bonchev–Trinajstić information content (AvgIpc) is 2.73. The number of rotatable bonds is 8. The van der Waals surface area contributed by atoms with Crippen LogP contribution < -0.4 is 24.4 Å². The van der Waals surface area contributed by atoms with Crippen molar-refractivity contribution < 1.29 is 23.7 Å². The second-order valence-corrected chi connectivity index (χ2v) is 6.21. The molecule has 0 aliphatic carbocycles. The summed E-state index contributed by atoms with van der Waals surface area (Å²) in [6.45, 7) is 2.85. The van der Waals surface area contributed by atoms with Crippen LogP contribution in [0.15, 0.2) is 47.6 Å². The van der Waals surface area contributed by atoms with Crippen LogP contribution in [0.2, 0.25) is 0 Å². The Labute approximate surface area is 164 Å². The van der Waals surface area contributed by atoms with Crippen molar-refractivity contribution in [2.45, 2.75) is 25.9 Å². The lowest BCUT2D eigenvalue weighted by Gasteiger charge is -2.24. The van der Waals surface area contributed by atoms with Crippen LogP contribution in [0.4, 0.5) is 0 Å². The molecule has 0 aromatic heterocycles. The fraction of sp³-hybridized carbons (Fsp3) is 0.333. The zero-order valence-electron chi connectivity index (χ0n) is 16.0. The van der Waals surface area contributed by atoms with Gasteiger partial charge in [0.05, 0.1) is 19.9 Å². The van der Waals surface area contributed by atoms with Gasteiger partial charge >= 0.3 is 0 Å². The van der Waals surface area contributed by atoms with E-state index in [1.807, 2.05) is 24.3 Å². The number of fused-ring (bicyclic) bond motifs is 1. The molecule has 2 aromatic carbocycles. The summed E-state index contributed by atoms with van der Waals surface area (Å²) in [4.78, 5) is 12.3. The molecule has 1 atom stereocenters. The molecule has 0 saturated heterocycles. The van der Waals surface area contributed by atoms with E-state index in [9.17, 15) is 4.79 Å². The van der Waals surface area contributed by atoms with Gasteiger partial charge < -0.3 is 18.9 Å². The molecule has 0 unspecified atom stereocenters. The molecule has 0 spiro atoms. The summed E-state index contributed by atoms with van der Waals surface area (Å²) in [7, 11) is 1.60. The third-order valence-electron chi connectivity index (χ3n) is 4.13. The monoisotopic (exact) mass is 384 g/mol. The van der Waals surface area contributed by atoms with Crippen molar-refractivity contribution in [3.63, 3.8) is 0 Å². The SMILES string of the molecule is CCCCOc1cc(/C=N\NC(=O)[C@@H]2COc3ccccc3O2)ccc1OC. The van der Waals surface area contributed by atoms with Crippen molar-refractivity contribution in [1.82, 2.24) is 5.43 Å². The minimum atomic E-state index is -0.754. The van der Waals surface area contributed by atoms with E-state index in [1.54, 1.807) is 31.5 Å². The molecule has 28 heavy (non-hydrogen) atoms. The van der Waals surface area contributed by atoms with Crippen LogP contribution in [0.25, 0.3) is 0 Å². The minimum absolute atomic E-state index is 0.135. The number of hydrogen-bond acceptors (Lipinski definition) is 6. The van der Waals surface area contributed by atoms with E-state index in [0.29, 0.717) is 29.6 Å². The number of amides is 1. The van der Waals surface area contributed by atoms with E-state index in [-0.39, 0.29) is 12.5 Å². The number of carbonyl (C=O) groups excluding carboxylic acids is 1. The molecule has 1 aliphatic heterocycles. The molecule has 0 fully saturated rings. The van der Waals surface area contributed by atoms with Crippen molar-refractivity contribution >= 4 is 12.1 Å². The highest BCUT2D eigenvalue weighted by Crippen LogP contribution is 2.31. The van der Waals surface area contributed by atoms with Gasteiger partial charge in [-0.25, -0.2) is 5.43 Å². The van der Waals surface area contributed by atoms with Crippen LogP contribution >= 0.6 is 0 Å². The number of nitrogens with one attached hydrogen (secondary N) is 1. The van der Waals surface area contributed by atoms with Gasteiger partial charge in [0.15, 0.2) is 23.0 Å². The molecule has 0 bridgehead atoms. The first-order valence-corrected chi connectivity index (χ1v) is 9.23. The van der Waals surface area contributed by atoms with E-state index >= 15 is 0 Å². The predicted molar refractivity (Wildman–Crippen MR) is 105 cm³/mol. The maximum atomic E-state index is 12.3. The molecular weight excluding hydrogens is 360 g/mol. The van der Waals surface area contributed by atoms with E-state index in [1.165, 1.54) is 0 Å². The molecule has 1 heterocycles. The first-order chi connectivity index (χ1) is 13.7. The standard InChI is InChI=1S/C21H24N2O5/c1-3-4-11-26-19-12-15(9-10-16(19)25-2)13-22-23-21(24)20-14-27-17-7-5-6-8-18(17)28-20/h5-10,12-13,20H,3-4,11,14H2,1-2H3,(H,23,24)/b22-13-/t20-/m0/s1. The number of hydrogen-bond donors (Lipinski definition) is 1. The second-order valence-electron chi connectivity index (χ2n) is 6.21. The summed E-state index contributed by atoms with van der Waals surface area (Å²) in [5.74, 6) is 2.10. The maximum absolute atomic E-state index is 12.3. The van der Waals surface area contributed by atoms with Crippen LogP contribution in [-0.2, 0) is 4.79 Å². The van der Waals surface area contributed by atoms with E-state index in [4.69, 9.17) is 18.9 Å². The van der Waals surface area contributed by atoms with Gasteiger partial charge in [0.2, 0.25) is 6.10 Å². The van der Waals surface area contributed by atoms with E-state index < -0.39 is 6.10 Å². The number of hydrazone groups is 1. The van der Waals surface area contributed by atoms with Gasteiger partial charge in [0, 0.05) is 0 Å². The quantitative estimate of drug-likeness (QED) is 0.430. The third kappa shape index (κ3) is 4.94. The predicted octanol–water partition coefficient (Wildman–Crippen LogP) is 3.16.